The molecule has 0 aromatic carbocycles. The molecule has 4 amide bonds. The van der Waals surface area contributed by atoms with Gasteiger partial charge in [-0.2, -0.15) is 0 Å². The zero-order chi connectivity index (χ0) is 23.4. The lowest BCUT2D eigenvalue weighted by atomic mass is 9.76. The van der Waals surface area contributed by atoms with Crippen molar-refractivity contribution >= 4 is 23.8 Å². The van der Waals surface area contributed by atoms with Crippen molar-refractivity contribution in [1.29, 1.82) is 0 Å². The summed E-state index contributed by atoms with van der Waals surface area (Å²) in [5.41, 5.74) is 6.01. The molecule has 0 aromatic rings. The largest absolute Gasteiger partial charge is 0.444 e. The molecule has 2 saturated heterocycles. The van der Waals surface area contributed by atoms with Gasteiger partial charge in [0, 0.05) is 19.0 Å². The molecule has 4 aliphatic rings. The molecule has 0 spiro atoms. The Bertz CT molecular complexity index is 850. The molecule has 4 fully saturated rings. The van der Waals surface area contributed by atoms with E-state index in [2.05, 4.69) is 17.2 Å². The summed E-state index contributed by atoms with van der Waals surface area (Å²) in [4.78, 5) is 52.1. The number of primary amides is 1. The number of amides is 4. The third kappa shape index (κ3) is 4.09. The fraction of sp³-hybridized carbons (Fsp3) is 0.739. The van der Waals surface area contributed by atoms with Gasteiger partial charge in [0.1, 0.15) is 17.7 Å². The van der Waals surface area contributed by atoms with Gasteiger partial charge in [-0.05, 0) is 70.1 Å². The van der Waals surface area contributed by atoms with Crippen LogP contribution in [0.25, 0.3) is 0 Å². The molecule has 9 nitrogen and oxygen atoms in total. The molecule has 0 radical (unpaired) electrons. The summed E-state index contributed by atoms with van der Waals surface area (Å²) in [5, 5.41) is 5.50. The van der Waals surface area contributed by atoms with Crippen LogP contribution in [0.3, 0.4) is 0 Å². The average molecular weight is 447 g/mol. The fourth-order valence-electron chi connectivity index (χ4n) is 6.19. The van der Waals surface area contributed by atoms with E-state index in [0.29, 0.717) is 25.4 Å². The van der Waals surface area contributed by atoms with Gasteiger partial charge in [-0.1, -0.05) is 12.2 Å². The van der Waals surface area contributed by atoms with Crippen molar-refractivity contribution < 1.29 is 23.9 Å². The van der Waals surface area contributed by atoms with Crippen molar-refractivity contribution in [3.8, 4) is 0 Å². The summed E-state index contributed by atoms with van der Waals surface area (Å²) in [7, 11) is 0. The van der Waals surface area contributed by atoms with E-state index in [1.165, 1.54) is 4.90 Å². The Hall–Kier alpha value is -2.58. The standard InChI is InChI=1S/C23H34N4O5/c1-11-7-13-8-14(11)17-15(13)10-27(22(31)32-23(2,3)4)18(17)21(30)26-16(19(24)28)9-12-5-6-25-20(12)29/h12-18H,1,5-10H2,2-4H3,(H2,24,28)(H,25,29)(H,26,30)/t12-,13+,14+,15+,16-,17-,18-/m0/s1. The van der Waals surface area contributed by atoms with Crippen molar-refractivity contribution in [2.75, 3.05) is 13.1 Å². The molecule has 32 heavy (non-hydrogen) atoms. The van der Waals surface area contributed by atoms with Gasteiger partial charge in [0.2, 0.25) is 17.7 Å². The van der Waals surface area contributed by atoms with E-state index in [1.807, 2.05) is 0 Å². The predicted octanol–water partition coefficient (Wildman–Crippen LogP) is 0.930. The minimum Gasteiger partial charge on any atom is -0.444 e. The Labute approximate surface area is 188 Å². The number of allylic oxidation sites excluding steroid dienone is 1. The predicted molar refractivity (Wildman–Crippen MR) is 116 cm³/mol. The van der Waals surface area contributed by atoms with E-state index in [9.17, 15) is 19.2 Å². The highest BCUT2D eigenvalue weighted by Gasteiger charge is 2.61. The number of carbonyl (C=O) groups excluding carboxylic acids is 4. The molecule has 2 bridgehead atoms. The molecular weight excluding hydrogens is 412 g/mol. The smallest absolute Gasteiger partial charge is 0.410 e. The third-order valence-corrected chi connectivity index (χ3v) is 7.52. The molecule has 176 valence electrons. The summed E-state index contributed by atoms with van der Waals surface area (Å²) in [6.45, 7) is 10.6. The molecule has 4 rings (SSSR count). The molecular formula is C23H34N4O5. The van der Waals surface area contributed by atoms with Crippen LogP contribution in [-0.4, -0.2) is 59.5 Å². The van der Waals surface area contributed by atoms with Crippen LogP contribution in [0.5, 0.6) is 0 Å². The van der Waals surface area contributed by atoms with Gasteiger partial charge in [0.25, 0.3) is 0 Å². The van der Waals surface area contributed by atoms with E-state index in [4.69, 9.17) is 10.5 Å². The Kier molecular flexibility index (Phi) is 5.71. The van der Waals surface area contributed by atoms with Crippen LogP contribution in [0.1, 0.15) is 46.5 Å². The van der Waals surface area contributed by atoms with Gasteiger partial charge < -0.3 is 21.1 Å². The van der Waals surface area contributed by atoms with Crippen LogP contribution < -0.4 is 16.4 Å². The van der Waals surface area contributed by atoms with Crippen molar-refractivity contribution in [3.05, 3.63) is 12.2 Å². The number of hydrogen-bond acceptors (Lipinski definition) is 5. The Morgan fingerprint density at radius 3 is 2.66 bits per heavy atom. The van der Waals surface area contributed by atoms with Gasteiger partial charge in [-0.15, -0.1) is 0 Å². The van der Waals surface area contributed by atoms with E-state index in [0.717, 1.165) is 18.4 Å². The number of nitrogens with one attached hydrogen (secondary N) is 2. The van der Waals surface area contributed by atoms with Gasteiger partial charge >= 0.3 is 6.09 Å². The fourth-order valence-corrected chi connectivity index (χ4v) is 6.19. The first-order chi connectivity index (χ1) is 15.0. The topological polar surface area (TPSA) is 131 Å². The quantitative estimate of drug-likeness (QED) is 0.541. The number of carbonyl (C=O) groups is 4. The summed E-state index contributed by atoms with van der Waals surface area (Å²) < 4.78 is 5.60. The van der Waals surface area contributed by atoms with E-state index in [-0.39, 0.29) is 36.0 Å². The number of hydrogen-bond donors (Lipinski definition) is 3. The van der Waals surface area contributed by atoms with Crippen molar-refractivity contribution in [2.24, 2.45) is 35.3 Å². The van der Waals surface area contributed by atoms with Crippen LogP contribution >= 0.6 is 0 Å². The number of fused-ring (bicyclic) bond motifs is 5. The summed E-state index contributed by atoms with van der Waals surface area (Å²) >= 11 is 0. The molecule has 0 unspecified atom stereocenters. The van der Waals surface area contributed by atoms with Crippen molar-refractivity contribution in [1.82, 2.24) is 15.5 Å². The maximum Gasteiger partial charge on any atom is 0.410 e. The van der Waals surface area contributed by atoms with E-state index >= 15 is 0 Å². The van der Waals surface area contributed by atoms with Crippen molar-refractivity contribution in [2.45, 2.75) is 64.1 Å². The number of ether oxygens (including phenoxy) is 1. The van der Waals surface area contributed by atoms with Gasteiger partial charge in [0.15, 0.2) is 0 Å². The normalized spacial score (nSPS) is 34.3. The van der Waals surface area contributed by atoms with Crippen molar-refractivity contribution in [3.63, 3.8) is 0 Å². The van der Waals surface area contributed by atoms with Crippen LogP contribution in [0, 0.1) is 29.6 Å². The molecule has 2 aliphatic heterocycles. The lowest BCUT2D eigenvalue weighted by Gasteiger charge is -2.33. The van der Waals surface area contributed by atoms with Gasteiger partial charge in [-0.25, -0.2) is 4.79 Å². The number of nitrogens with two attached hydrogens (primary N) is 1. The Morgan fingerprint density at radius 1 is 1.34 bits per heavy atom. The Morgan fingerprint density at radius 2 is 2.06 bits per heavy atom. The average Bonchev–Trinajstić information content (AvgIpc) is 3.41. The third-order valence-electron chi connectivity index (χ3n) is 7.52. The Balaban J connectivity index is 1.55. The minimum atomic E-state index is -0.974. The van der Waals surface area contributed by atoms with Crippen LogP contribution in [0.15, 0.2) is 12.2 Å². The van der Waals surface area contributed by atoms with E-state index < -0.39 is 35.6 Å². The number of rotatable bonds is 5. The van der Waals surface area contributed by atoms with Crippen LogP contribution in [-0.2, 0) is 19.1 Å². The maximum atomic E-state index is 13.5. The second kappa shape index (κ2) is 8.08. The summed E-state index contributed by atoms with van der Waals surface area (Å²) in [5.74, 6) is -0.840. The number of nitrogens with zero attached hydrogens (tertiary/aromatic N) is 1. The first-order valence-electron chi connectivity index (χ1n) is 11.5. The number of likely N-dealkylation sites (tertiary alicyclic amines) is 1. The maximum absolute atomic E-state index is 13.5. The zero-order valence-corrected chi connectivity index (χ0v) is 19.1. The second-order valence-corrected chi connectivity index (χ2v) is 10.8. The van der Waals surface area contributed by atoms with Gasteiger partial charge in [-0.3, -0.25) is 19.3 Å². The zero-order valence-electron chi connectivity index (χ0n) is 19.1. The first kappa shape index (κ1) is 22.6. The highest BCUT2D eigenvalue weighted by atomic mass is 16.6. The second-order valence-electron chi connectivity index (χ2n) is 10.8. The molecule has 9 heteroatoms. The molecule has 2 heterocycles. The van der Waals surface area contributed by atoms with Crippen LogP contribution in [0.2, 0.25) is 0 Å². The van der Waals surface area contributed by atoms with Crippen LogP contribution in [0.4, 0.5) is 4.79 Å². The molecule has 4 N–H and O–H groups in total. The van der Waals surface area contributed by atoms with E-state index in [1.54, 1.807) is 20.8 Å². The summed E-state index contributed by atoms with van der Waals surface area (Å²) in [6, 6.07) is -1.72. The lowest BCUT2D eigenvalue weighted by molar-refractivity contribution is -0.132. The first-order valence-corrected chi connectivity index (χ1v) is 11.5. The highest BCUT2D eigenvalue weighted by Crippen LogP contribution is 2.59. The minimum absolute atomic E-state index is 0.0444. The monoisotopic (exact) mass is 446 g/mol. The summed E-state index contributed by atoms with van der Waals surface area (Å²) in [6.07, 6.45) is 2.15. The highest BCUT2D eigenvalue weighted by molar-refractivity contribution is 5.92. The van der Waals surface area contributed by atoms with Gasteiger partial charge in [0.05, 0.1) is 0 Å². The SMILES string of the molecule is C=C1C[C@@H]2C[C@H]1[C@H]1[C@@H]2CN(C(=O)OC(C)(C)C)[C@@H]1C(=O)N[C@@H](C[C@@H]1CCNC1=O)C(N)=O. The molecule has 2 saturated carbocycles. The molecule has 2 aliphatic carbocycles. The molecule has 7 atom stereocenters. The molecule has 0 aromatic heterocycles. The lowest BCUT2D eigenvalue weighted by Crippen LogP contribution is -2.55.